The van der Waals surface area contributed by atoms with Crippen LogP contribution in [0.15, 0.2) is 18.2 Å². The van der Waals surface area contributed by atoms with E-state index in [1.54, 1.807) is 0 Å². The van der Waals surface area contributed by atoms with E-state index in [1.165, 1.54) is 12.8 Å². The molecule has 0 atom stereocenters. The lowest BCUT2D eigenvalue weighted by atomic mass is 10.2. The van der Waals surface area contributed by atoms with Gasteiger partial charge in [-0.2, -0.15) is 0 Å². The van der Waals surface area contributed by atoms with Crippen molar-refractivity contribution in [2.45, 2.75) is 12.8 Å². The summed E-state index contributed by atoms with van der Waals surface area (Å²) in [5, 5.41) is 3.34. The Hall–Kier alpha value is -1.38. The molecule has 0 spiro atoms. The third kappa shape index (κ3) is 2.05. The van der Waals surface area contributed by atoms with Crippen LogP contribution in [0.3, 0.4) is 0 Å². The molecule has 70 valence electrons. The second-order valence-corrected chi connectivity index (χ2v) is 3.67. The molecule has 0 aliphatic heterocycles. The first kappa shape index (κ1) is 8.23. The van der Waals surface area contributed by atoms with Crippen LogP contribution in [0.1, 0.15) is 12.8 Å². The van der Waals surface area contributed by atoms with Crippen molar-refractivity contribution >= 4 is 17.1 Å². The average Bonchev–Trinajstić information content (AvgIpc) is 2.91. The van der Waals surface area contributed by atoms with E-state index in [4.69, 9.17) is 11.5 Å². The Morgan fingerprint density at radius 1 is 1.23 bits per heavy atom. The molecule has 0 heterocycles. The molecule has 1 aliphatic rings. The predicted octanol–water partition coefficient (Wildman–Crippen LogP) is 1.67. The molecule has 1 aromatic rings. The zero-order chi connectivity index (χ0) is 9.26. The van der Waals surface area contributed by atoms with E-state index in [9.17, 15) is 0 Å². The van der Waals surface area contributed by atoms with E-state index in [2.05, 4.69) is 5.32 Å². The van der Waals surface area contributed by atoms with Gasteiger partial charge in [0.05, 0.1) is 11.4 Å². The number of hydrogen-bond acceptors (Lipinski definition) is 3. The van der Waals surface area contributed by atoms with E-state index in [1.807, 2.05) is 18.2 Å². The van der Waals surface area contributed by atoms with E-state index in [-0.39, 0.29) is 0 Å². The Labute approximate surface area is 78.1 Å². The monoisotopic (exact) mass is 177 g/mol. The van der Waals surface area contributed by atoms with Crippen LogP contribution in [0.5, 0.6) is 0 Å². The molecule has 0 saturated heterocycles. The number of benzene rings is 1. The SMILES string of the molecule is Nc1ccc(NCC2CC2)cc1N. The number of anilines is 3. The van der Waals surface area contributed by atoms with Gasteiger partial charge in [0.15, 0.2) is 0 Å². The smallest absolute Gasteiger partial charge is 0.0568 e. The fraction of sp³-hybridized carbons (Fsp3) is 0.400. The molecule has 0 radical (unpaired) electrons. The van der Waals surface area contributed by atoms with Crippen molar-refractivity contribution in [2.24, 2.45) is 5.92 Å². The van der Waals surface area contributed by atoms with Gasteiger partial charge in [-0.25, -0.2) is 0 Å². The van der Waals surface area contributed by atoms with Crippen molar-refractivity contribution in [3.05, 3.63) is 18.2 Å². The minimum absolute atomic E-state index is 0.650. The molecule has 3 heteroatoms. The highest BCUT2D eigenvalue weighted by Crippen LogP contribution is 2.29. The maximum atomic E-state index is 5.68. The van der Waals surface area contributed by atoms with E-state index in [0.717, 1.165) is 18.2 Å². The van der Waals surface area contributed by atoms with E-state index in [0.29, 0.717) is 11.4 Å². The van der Waals surface area contributed by atoms with Crippen LogP contribution in [-0.4, -0.2) is 6.54 Å². The summed E-state index contributed by atoms with van der Waals surface area (Å²) < 4.78 is 0. The van der Waals surface area contributed by atoms with Gasteiger partial charge in [-0.05, 0) is 37.0 Å². The molecular weight excluding hydrogens is 162 g/mol. The minimum atomic E-state index is 0.650. The highest BCUT2D eigenvalue weighted by Gasteiger charge is 2.20. The topological polar surface area (TPSA) is 64.1 Å². The first-order valence-corrected chi connectivity index (χ1v) is 4.64. The van der Waals surface area contributed by atoms with Crippen LogP contribution < -0.4 is 16.8 Å². The van der Waals surface area contributed by atoms with Gasteiger partial charge in [0.2, 0.25) is 0 Å². The van der Waals surface area contributed by atoms with Gasteiger partial charge in [-0.15, -0.1) is 0 Å². The Bertz CT molecular complexity index is 305. The van der Waals surface area contributed by atoms with Crippen LogP contribution in [0.25, 0.3) is 0 Å². The number of hydrogen-bond donors (Lipinski definition) is 3. The standard InChI is InChI=1S/C10H15N3/c11-9-4-3-8(5-10(9)12)13-6-7-1-2-7/h3-5,7,13H,1-2,6,11-12H2. The molecule has 0 unspecified atom stereocenters. The van der Waals surface area contributed by atoms with Crippen molar-refractivity contribution in [3.63, 3.8) is 0 Å². The van der Waals surface area contributed by atoms with E-state index < -0.39 is 0 Å². The number of nitrogen functional groups attached to an aromatic ring is 2. The molecule has 1 aromatic carbocycles. The maximum Gasteiger partial charge on any atom is 0.0568 e. The first-order chi connectivity index (χ1) is 6.25. The second kappa shape index (κ2) is 3.17. The first-order valence-electron chi connectivity index (χ1n) is 4.64. The summed E-state index contributed by atoms with van der Waals surface area (Å²) in [6, 6.07) is 5.69. The Kier molecular flexibility index (Phi) is 2.00. The van der Waals surface area contributed by atoms with Crippen LogP contribution in [0.2, 0.25) is 0 Å². The molecule has 2 rings (SSSR count). The lowest BCUT2D eigenvalue weighted by Crippen LogP contribution is -2.04. The summed E-state index contributed by atoms with van der Waals surface area (Å²) in [7, 11) is 0. The van der Waals surface area contributed by atoms with Crippen molar-refractivity contribution in [1.82, 2.24) is 0 Å². The van der Waals surface area contributed by atoms with Crippen LogP contribution in [0.4, 0.5) is 17.1 Å². The summed E-state index contributed by atoms with van der Waals surface area (Å²) in [5.74, 6) is 0.874. The molecule has 3 nitrogen and oxygen atoms in total. The van der Waals surface area contributed by atoms with Crippen molar-refractivity contribution < 1.29 is 0 Å². The normalized spacial score (nSPS) is 15.7. The van der Waals surface area contributed by atoms with Crippen molar-refractivity contribution in [3.8, 4) is 0 Å². The highest BCUT2D eigenvalue weighted by molar-refractivity contribution is 5.69. The van der Waals surface area contributed by atoms with Gasteiger partial charge in [0.1, 0.15) is 0 Å². The van der Waals surface area contributed by atoms with Gasteiger partial charge in [0, 0.05) is 12.2 Å². The molecule has 0 bridgehead atoms. The number of rotatable bonds is 3. The maximum absolute atomic E-state index is 5.68. The zero-order valence-corrected chi connectivity index (χ0v) is 7.59. The second-order valence-electron chi connectivity index (χ2n) is 3.67. The molecule has 0 amide bonds. The lowest BCUT2D eigenvalue weighted by molar-refractivity contribution is 0.889. The summed E-state index contributed by atoms with van der Waals surface area (Å²) in [6.45, 7) is 1.06. The highest BCUT2D eigenvalue weighted by atomic mass is 14.9. The molecule has 13 heavy (non-hydrogen) atoms. The summed E-state index contributed by atoms with van der Waals surface area (Å²) in [5.41, 5.74) is 13.7. The third-order valence-corrected chi connectivity index (χ3v) is 2.38. The number of nitrogens with two attached hydrogens (primary N) is 2. The minimum Gasteiger partial charge on any atom is -0.397 e. The fourth-order valence-corrected chi connectivity index (χ4v) is 1.27. The van der Waals surface area contributed by atoms with Gasteiger partial charge in [-0.1, -0.05) is 0 Å². The molecule has 5 N–H and O–H groups in total. The zero-order valence-electron chi connectivity index (χ0n) is 7.59. The third-order valence-electron chi connectivity index (χ3n) is 2.38. The fourth-order valence-electron chi connectivity index (χ4n) is 1.27. The molecule has 1 fully saturated rings. The van der Waals surface area contributed by atoms with Crippen LogP contribution in [-0.2, 0) is 0 Å². The van der Waals surface area contributed by atoms with Crippen LogP contribution >= 0.6 is 0 Å². The molecule has 1 saturated carbocycles. The summed E-state index contributed by atoms with van der Waals surface area (Å²) in [6.07, 6.45) is 2.72. The average molecular weight is 177 g/mol. The van der Waals surface area contributed by atoms with Gasteiger partial charge < -0.3 is 16.8 Å². The van der Waals surface area contributed by atoms with Crippen molar-refractivity contribution in [2.75, 3.05) is 23.3 Å². The Morgan fingerprint density at radius 3 is 2.62 bits per heavy atom. The Morgan fingerprint density at radius 2 is 2.00 bits per heavy atom. The lowest BCUT2D eigenvalue weighted by Gasteiger charge is -2.07. The largest absolute Gasteiger partial charge is 0.397 e. The predicted molar refractivity (Wildman–Crippen MR) is 56.5 cm³/mol. The molecule has 1 aliphatic carbocycles. The van der Waals surface area contributed by atoms with Gasteiger partial charge >= 0.3 is 0 Å². The van der Waals surface area contributed by atoms with E-state index >= 15 is 0 Å². The molecular formula is C10H15N3. The molecule has 0 aromatic heterocycles. The quantitative estimate of drug-likeness (QED) is 0.615. The van der Waals surface area contributed by atoms with Gasteiger partial charge in [0.25, 0.3) is 0 Å². The van der Waals surface area contributed by atoms with Crippen molar-refractivity contribution in [1.29, 1.82) is 0 Å². The van der Waals surface area contributed by atoms with Crippen LogP contribution in [0, 0.1) is 5.92 Å². The number of nitrogens with one attached hydrogen (secondary N) is 1. The van der Waals surface area contributed by atoms with Gasteiger partial charge in [-0.3, -0.25) is 0 Å². The Balaban J connectivity index is 1.98. The summed E-state index contributed by atoms with van der Waals surface area (Å²) >= 11 is 0. The summed E-state index contributed by atoms with van der Waals surface area (Å²) in [4.78, 5) is 0.